The fourth-order valence-corrected chi connectivity index (χ4v) is 3.59. The average Bonchev–Trinajstić information content (AvgIpc) is 2.66. The molecule has 2 aliphatic rings. The second-order valence-electron chi connectivity index (χ2n) is 5.85. The van der Waals surface area contributed by atoms with Gasteiger partial charge < -0.3 is 0 Å². The molecule has 0 amide bonds. The predicted molar refractivity (Wildman–Crippen MR) is 57.5 cm³/mol. The number of hydrogen-bond acceptors (Lipinski definition) is 0. The lowest BCUT2D eigenvalue weighted by Crippen LogP contribution is -2.24. The quantitative estimate of drug-likeness (QED) is 0.573. The van der Waals surface area contributed by atoms with Crippen LogP contribution in [0.2, 0.25) is 0 Å². The normalized spacial score (nSPS) is 56.3. The molecular formula is C13H24. The van der Waals surface area contributed by atoms with E-state index in [0.29, 0.717) is 0 Å². The molecule has 2 fully saturated rings. The van der Waals surface area contributed by atoms with Gasteiger partial charge in [-0.1, -0.05) is 40.5 Å². The maximum atomic E-state index is 2.48. The molecule has 0 aromatic heterocycles. The van der Waals surface area contributed by atoms with Crippen molar-refractivity contribution in [2.45, 2.75) is 47.0 Å². The van der Waals surface area contributed by atoms with Gasteiger partial charge in [0.2, 0.25) is 0 Å². The maximum absolute atomic E-state index is 2.48. The fraction of sp³-hybridized carbons (Fsp3) is 1.00. The van der Waals surface area contributed by atoms with Gasteiger partial charge in [-0.25, -0.2) is 0 Å². The summed E-state index contributed by atoms with van der Waals surface area (Å²) < 4.78 is 0. The second-order valence-corrected chi connectivity index (χ2v) is 5.85. The summed E-state index contributed by atoms with van der Waals surface area (Å²) in [5, 5.41) is 0. The zero-order valence-corrected chi connectivity index (χ0v) is 9.59. The van der Waals surface area contributed by atoms with E-state index in [1.165, 1.54) is 19.3 Å². The molecule has 2 aliphatic carbocycles. The molecule has 76 valence electrons. The van der Waals surface area contributed by atoms with Gasteiger partial charge in [0, 0.05) is 0 Å². The standard InChI is InChI=1S/C13H24/c1-8-5-6-9(2)12(7-8)13-10(3)11(13)4/h8-13H,5-7H2,1-4H3. The Balaban J connectivity index is 1.97. The largest absolute Gasteiger partial charge is 0.0625 e. The first-order valence-corrected chi connectivity index (χ1v) is 6.11. The van der Waals surface area contributed by atoms with Crippen LogP contribution in [0.3, 0.4) is 0 Å². The third kappa shape index (κ3) is 1.65. The van der Waals surface area contributed by atoms with Crippen molar-refractivity contribution in [2.24, 2.45) is 35.5 Å². The Kier molecular flexibility index (Phi) is 2.42. The van der Waals surface area contributed by atoms with Crippen molar-refractivity contribution < 1.29 is 0 Å². The van der Waals surface area contributed by atoms with E-state index < -0.39 is 0 Å². The van der Waals surface area contributed by atoms with Gasteiger partial charge in [0.15, 0.2) is 0 Å². The summed E-state index contributed by atoms with van der Waals surface area (Å²) in [6, 6.07) is 0. The van der Waals surface area contributed by atoms with Gasteiger partial charge in [-0.05, 0) is 41.9 Å². The highest BCUT2D eigenvalue weighted by atomic mass is 14.5. The molecule has 13 heavy (non-hydrogen) atoms. The van der Waals surface area contributed by atoms with E-state index in [2.05, 4.69) is 27.7 Å². The molecule has 5 atom stereocenters. The molecule has 0 aromatic carbocycles. The maximum Gasteiger partial charge on any atom is -0.0326 e. The van der Waals surface area contributed by atoms with Crippen molar-refractivity contribution in [3.63, 3.8) is 0 Å². The highest BCUT2D eigenvalue weighted by Crippen LogP contribution is 2.56. The molecule has 0 nitrogen and oxygen atoms in total. The Labute approximate surface area is 83.1 Å². The summed E-state index contributed by atoms with van der Waals surface area (Å²) in [7, 11) is 0. The summed E-state index contributed by atoms with van der Waals surface area (Å²) in [4.78, 5) is 0. The third-order valence-corrected chi connectivity index (χ3v) is 4.92. The van der Waals surface area contributed by atoms with Crippen molar-refractivity contribution >= 4 is 0 Å². The second kappa shape index (κ2) is 3.29. The smallest absolute Gasteiger partial charge is 0.0326 e. The van der Waals surface area contributed by atoms with Gasteiger partial charge in [-0.15, -0.1) is 0 Å². The molecule has 5 unspecified atom stereocenters. The van der Waals surface area contributed by atoms with E-state index in [1.807, 2.05) is 0 Å². The summed E-state index contributed by atoms with van der Waals surface area (Å²) >= 11 is 0. The Morgan fingerprint density at radius 2 is 1.46 bits per heavy atom. The van der Waals surface area contributed by atoms with Crippen LogP contribution in [-0.4, -0.2) is 0 Å². The minimum absolute atomic E-state index is 1.00. The first kappa shape index (κ1) is 9.55. The van der Waals surface area contributed by atoms with Crippen molar-refractivity contribution in [3.05, 3.63) is 0 Å². The van der Waals surface area contributed by atoms with Crippen molar-refractivity contribution in [3.8, 4) is 0 Å². The third-order valence-electron chi connectivity index (χ3n) is 4.92. The van der Waals surface area contributed by atoms with E-state index in [9.17, 15) is 0 Å². The van der Waals surface area contributed by atoms with E-state index >= 15 is 0 Å². The predicted octanol–water partition coefficient (Wildman–Crippen LogP) is 3.96. The van der Waals surface area contributed by atoms with Gasteiger partial charge in [0.05, 0.1) is 0 Å². The van der Waals surface area contributed by atoms with Crippen molar-refractivity contribution in [1.82, 2.24) is 0 Å². The molecule has 0 radical (unpaired) electrons. The fourth-order valence-electron chi connectivity index (χ4n) is 3.59. The first-order chi connectivity index (χ1) is 6.11. The van der Waals surface area contributed by atoms with E-state index in [-0.39, 0.29) is 0 Å². The van der Waals surface area contributed by atoms with Gasteiger partial charge in [-0.2, -0.15) is 0 Å². The van der Waals surface area contributed by atoms with Gasteiger partial charge in [0.25, 0.3) is 0 Å². The zero-order chi connectivity index (χ0) is 9.59. The van der Waals surface area contributed by atoms with Gasteiger partial charge >= 0.3 is 0 Å². The Morgan fingerprint density at radius 3 is 2.00 bits per heavy atom. The molecule has 2 saturated carbocycles. The minimum atomic E-state index is 1.00. The zero-order valence-electron chi connectivity index (χ0n) is 9.59. The summed E-state index contributed by atoms with van der Waals surface area (Å²) in [5.74, 6) is 6.21. The monoisotopic (exact) mass is 180 g/mol. The van der Waals surface area contributed by atoms with E-state index in [1.54, 1.807) is 0 Å². The number of hydrogen-bond donors (Lipinski definition) is 0. The lowest BCUT2D eigenvalue weighted by atomic mass is 9.72. The lowest BCUT2D eigenvalue weighted by molar-refractivity contribution is 0.171. The van der Waals surface area contributed by atoms with Crippen LogP contribution < -0.4 is 0 Å². The SMILES string of the molecule is CC1CCC(C)C(C2C(C)C2C)C1. The molecule has 0 heterocycles. The average molecular weight is 180 g/mol. The van der Waals surface area contributed by atoms with E-state index in [0.717, 1.165) is 35.5 Å². The minimum Gasteiger partial charge on any atom is -0.0625 e. The topological polar surface area (TPSA) is 0 Å². The molecule has 0 spiro atoms. The van der Waals surface area contributed by atoms with Crippen LogP contribution in [0.25, 0.3) is 0 Å². The van der Waals surface area contributed by atoms with Gasteiger partial charge in [0.1, 0.15) is 0 Å². The van der Waals surface area contributed by atoms with Crippen LogP contribution in [0.15, 0.2) is 0 Å². The molecule has 0 bridgehead atoms. The van der Waals surface area contributed by atoms with Crippen LogP contribution in [0.4, 0.5) is 0 Å². The van der Waals surface area contributed by atoms with Crippen molar-refractivity contribution in [1.29, 1.82) is 0 Å². The Morgan fingerprint density at radius 1 is 0.846 bits per heavy atom. The lowest BCUT2D eigenvalue weighted by Gasteiger charge is -2.33. The first-order valence-electron chi connectivity index (χ1n) is 6.11. The molecule has 0 aliphatic heterocycles. The Bertz CT molecular complexity index is 176. The number of rotatable bonds is 1. The highest BCUT2D eigenvalue weighted by Gasteiger charge is 2.49. The van der Waals surface area contributed by atoms with Crippen LogP contribution >= 0.6 is 0 Å². The highest BCUT2D eigenvalue weighted by molar-refractivity contribution is 4.98. The van der Waals surface area contributed by atoms with Crippen molar-refractivity contribution in [2.75, 3.05) is 0 Å². The van der Waals surface area contributed by atoms with Gasteiger partial charge in [-0.3, -0.25) is 0 Å². The molecule has 2 rings (SSSR count). The Hall–Kier alpha value is 0. The molecule has 0 N–H and O–H groups in total. The summed E-state index contributed by atoms with van der Waals surface area (Å²) in [6.07, 6.45) is 4.48. The van der Waals surface area contributed by atoms with E-state index in [4.69, 9.17) is 0 Å². The van der Waals surface area contributed by atoms with Crippen LogP contribution in [0.1, 0.15) is 47.0 Å². The van der Waals surface area contributed by atoms with Crippen LogP contribution in [0, 0.1) is 35.5 Å². The molecule has 0 saturated heterocycles. The van der Waals surface area contributed by atoms with Crippen LogP contribution in [0.5, 0.6) is 0 Å². The molecule has 0 aromatic rings. The molecule has 0 heteroatoms. The molecular weight excluding hydrogens is 156 g/mol. The van der Waals surface area contributed by atoms with Crippen LogP contribution in [-0.2, 0) is 0 Å². The summed E-state index contributed by atoms with van der Waals surface area (Å²) in [5.41, 5.74) is 0. The summed E-state index contributed by atoms with van der Waals surface area (Å²) in [6.45, 7) is 9.81.